The van der Waals surface area contributed by atoms with Crippen molar-refractivity contribution in [2.75, 3.05) is 11.5 Å². The highest BCUT2D eigenvalue weighted by Gasteiger charge is 2.38. The van der Waals surface area contributed by atoms with Crippen molar-refractivity contribution in [1.29, 1.82) is 0 Å². The normalized spacial score (nSPS) is 23.0. The van der Waals surface area contributed by atoms with Crippen LogP contribution in [0.25, 0.3) is 11.4 Å². The summed E-state index contributed by atoms with van der Waals surface area (Å²) in [5, 5.41) is 18.5. The van der Waals surface area contributed by atoms with Crippen molar-refractivity contribution in [1.82, 2.24) is 14.8 Å². The van der Waals surface area contributed by atoms with Crippen LogP contribution in [0.5, 0.6) is 0 Å². The van der Waals surface area contributed by atoms with Crippen molar-refractivity contribution in [3.05, 3.63) is 43.0 Å². The Morgan fingerprint density at radius 3 is 2.65 bits per heavy atom. The Balaban J connectivity index is 1.91. The van der Waals surface area contributed by atoms with E-state index in [1.54, 1.807) is 6.08 Å². The van der Waals surface area contributed by atoms with Crippen LogP contribution in [0.15, 0.2) is 48.1 Å². The molecule has 8 heteroatoms. The Kier molecular flexibility index (Phi) is 4.56. The maximum Gasteiger partial charge on any atom is 0.192 e. The second-order valence-corrected chi connectivity index (χ2v) is 8.73. The van der Waals surface area contributed by atoms with E-state index in [4.69, 9.17) is 0 Å². The van der Waals surface area contributed by atoms with Gasteiger partial charge in [0, 0.05) is 12.1 Å². The third-order valence-electron chi connectivity index (χ3n) is 3.59. The van der Waals surface area contributed by atoms with Crippen molar-refractivity contribution >= 4 is 21.6 Å². The molecule has 1 saturated heterocycles. The first-order valence-corrected chi connectivity index (χ1v) is 9.85. The average molecular weight is 351 g/mol. The molecule has 2 atom stereocenters. The zero-order valence-electron chi connectivity index (χ0n) is 12.4. The van der Waals surface area contributed by atoms with E-state index in [2.05, 4.69) is 16.8 Å². The molecule has 1 aliphatic rings. The number of aromatic nitrogens is 3. The summed E-state index contributed by atoms with van der Waals surface area (Å²) in [4.78, 5) is 0. The number of aliphatic hydroxyl groups excluding tert-OH is 1. The van der Waals surface area contributed by atoms with Crippen molar-refractivity contribution in [2.45, 2.75) is 23.1 Å². The molecule has 0 aliphatic carbocycles. The molecule has 2 aromatic rings. The Hall–Kier alpha value is -1.64. The summed E-state index contributed by atoms with van der Waals surface area (Å²) in [6.07, 6.45) is 0.862. The summed E-state index contributed by atoms with van der Waals surface area (Å²) in [5.41, 5.74) is 0.924. The highest BCUT2D eigenvalue weighted by atomic mass is 32.2. The Bertz CT molecular complexity index is 803. The summed E-state index contributed by atoms with van der Waals surface area (Å²) in [7, 11) is -3.18. The van der Waals surface area contributed by atoms with Crippen LogP contribution < -0.4 is 0 Å². The third-order valence-corrected chi connectivity index (χ3v) is 6.81. The van der Waals surface area contributed by atoms with Crippen LogP contribution in [-0.4, -0.2) is 51.1 Å². The molecule has 0 saturated carbocycles. The molecule has 0 unspecified atom stereocenters. The minimum atomic E-state index is -3.18. The monoisotopic (exact) mass is 351 g/mol. The zero-order chi connectivity index (χ0) is 16.4. The van der Waals surface area contributed by atoms with E-state index in [0.717, 1.165) is 5.56 Å². The van der Waals surface area contributed by atoms with Crippen molar-refractivity contribution in [3.8, 4) is 11.4 Å². The van der Waals surface area contributed by atoms with Crippen LogP contribution >= 0.6 is 11.8 Å². The lowest BCUT2D eigenvalue weighted by atomic mass is 10.2. The van der Waals surface area contributed by atoms with Gasteiger partial charge in [0.25, 0.3) is 0 Å². The van der Waals surface area contributed by atoms with Gasteiger partial charge < -0.3 is 5.11 Å². The maximum absolute atomic E-state index is 11.6. The number of aliphatic hydroxyl groups is 1. The largest absolute Gasteiger partial charge is 0.391 e. The predicted molar refractivity (Wildman–Crippen MR) is 90.0 cm³/mol. The smallest absolute Gasteiger partial charge is 0.192 e. The first-order chi connectivity index (χ1) is 11.0. The van der Waals surface area contributed by atoms with Crippen molar-refractivity contribution in [3.63, 3.8) is 0 Å². The fraction of sp³-hybridized carbons (Fsp3) is 0.333. The molecule has 1 aliphatic heterocycles. The van der Waals surface area contributed by atoms with Gasteiger partial charge in [0.05, 0.1) is 22.9 Å². The van der Waals surface area contributed by atoms with Gasteiger partial charge in [0.2, 0.25) is 0 Å². The molecular formula is C15H17N3O3S2. The molecule has 1 N–H and O–H groups in total. The molecule has 1 aromatic carbocycles. The number of thioether (sulfide) groups is 1. The van der Waals surface area contributed by atoms with E-state index in [1.807, 2.05) is 34.9 Å². The summed E-state index contributed by atoms with van der Waals surface area (Å²) >= 11 is 1.26. The first-order valence-electron chi connectivity index (χ1n) is 7.15. The molecule has 6 nitrogen and oxygen atoms in total. The lowest BCUT2D eigenvalue weighted by Crippen LogP contribution is -2.20. The van der Waals surface area contributed by atoms with Gasteiger partial charge in [-0.3, -0.25) is 4.57 Å². The molecule has 23 heavy (non-hydrogen) atoms. The van der Waals surface area contributed by atoms with Gasteiger partial charge in [-0.1, -0.05) is 48.2 Å². The van der Waals surface area contributed by atoms with E-state index in [0.29, 0.717) is 17.5 Å². The molecule has 0 spiro atoms. The molecule has 0 amide bonds. The second kappa shape index (κ2) is 6.46. The van der Waals surface area contributed by atoms with Crippen LogP contribution in [0, 0.1) is 0 Å². The number of rotatable bonds is 5. The minimum Gasteiger partial charge on any atom is -0.391 e. The second-order valence-electron chi connectivity index (χ2n) is 5.37. The third kappa shape index (κ3) is 3.49. The highest BCUT2D eigenvalue weighted by Crippen LogP contribution is 2.32. The number of hydrogen-bond acceptors (Lipinski definition) is 6. The van der Waals surface area contributed by atoms with E-state index >= 15 is 0 Å². The van der Waals surface area contributed by atoms with E-state index in [9.17, 15) is 13.5 Å². The fourth-order valence-electron chi connectivity index (χ4n) is 2.52. The summed E-state index contributed by atoms with van der Waals surface area (Å²) in [6, 6.07) is 9.64. The Morgan fingerprint density at radius 2 is 2.04 bits per heavy atom. The summed E-state index contributed by atoms with van der Waals surface area (Å²) in [6.45, 7) is 4.26. The summed E-state index contributed by atoms with van der Waals surface area (Å²) < 4.78 is 25.2. The number of sulfone groups is 1. The standard InChI is InChI=1S/C15H17N3O3S2/c1-2-8-18-14(11-6-4-3-5-7-11)16-17-15(18)22-13-10-23(20,21)9-12(13)19/h2-7,12-13,19H,1,8-10H2/t12-,13+/m0/s1. The molecule has 1 fully saturated rings. The minimum absolute atomic E-state index is 0.0412. The van der Waals surface area contributed by atoms with Crippen molar-refractivity contribution < 1.29 is 13.5 Å². The van der Waals surface area contributed by atoms with Crippen molar-refractivity contribution in [2.24, 2.45) is 0 Å². The predicted octanol–water partition coefficient (Wildman–Crippen LogP) is 1.38. The fourth-order valence-corrected chi connectivity index (χ4v) is 6.04. The number of allylic oxidation sites excluding steroid dienone is 1. The van der Waals surface area contributed by atoms with E-state index in [-0.39, 0.29) is 11.5 Å². The zero-order valence-corrected chi connectivity index (χ0v) is 14.0. The molecule has 3 rings (SSSR count). The van der Waals surface area contributed by atoms with Gasteiger partial charge in [-0.2, -0.15) is 0 Å². The molecule has 2 heterocycles. The molecule has 122 valence electrons. The van der Waals surface area contributed by atoms with Gasteiger partial charge >= 0.3 is 0 Å². The lowest BCUT2D eigenvalue weighted by molar-refractivity contribution is 0.207. The van der Waals surface area contributed by atoms with Gasteiger partial charge in [-0.15, -0.1) is 16.8 Å². The number of benzene rings is 1. The van der Waals surface area contributed by atoms with Gasteiger partial charge in [0.15, 0.2) is 20.8 Å². The lowest BCUT2D eigenvalue weighted by Gasteiger charge is -2.13. The quantitative estimate of drug-likeness (QED) is 0.819. The van der Waals surface area contributed by atoms with Gasteiger partial charge in [0.1, 0.15) is 0 Å². The summed E-state index contributed by atoms with van der Waals surface area (Å²) in [5.74, 6) is 0.468. The molecular weight excluding hydrogens is 334 g/mol. The maximum atomic E-state index is 11.6. The van der Waals surface area contributed by atoms with Crippen LogP contribution in [-0.2, 0) is 16.4 Å². The Morgan fingerprint density at radius 1 is 1.30 bits per heavy atom. The van der Waals surface area contributed by atoms with Crippen LogP contribution in [0.4, 0.5) is 0 Å². The molecule has 0 radical (unpaired) electrons. The average Bonchev–Trinajstić information content (AvgIpc) is 3.01. The van der Waals surface area contributed by atoms with Gasteiger partial charge in [-0.25, -0.2) is 8.42 Å². The molecule has 1 aromatic heterocycles. The van der Waals surface area contributed by atoms with Crippen LogP contribution in [0.2, 0.25) is 0 Å². The van der Waals surface area contributed by atoms with Crippen LogP contribution in [0.3, 0.4) is 0 Å². The number of nitrogens with zero attached hydrogens (tertiary/aromatic N) is 3. The number of hydrogen-bond donors (Lipinski definition) is 1. The first kappa shape index (κ1) is 16.2. The van der Waals surface area contributed by atoms with E-state index < -0.39 is 21.2 Å². The Labute approximate surface area is 139 Å². The SMILES string of the molecule is C=CCn1c(S[C@@H]2CS(=O)(=O)C[C@@H]2O)nnc1-c1ccccc1. The molecule has 0 bridgehead atoms. The van der Waals surface area contributed by atoms with Crippen LogP contribution in [0.1, 0.15) is 0 Å². The van der Waals surface area contributed by atoms with E-state index in [1.165, 1.54) is 11.8 Å². The van der Waals surface area contributed by atoms with Gasteiger partial charge in [-0.05, 0) is 0 Å². The highest BCUT2D eigenvalue weighted by molar-refractivity contribution is 8.01. The topological polar surface area (TPSA) is 85.1 Å².